The lowest BCUT2D eigenvalue weighted by Gasteiger charge is -2.25. The summed E-state index contributed by atoms with van der Waals surface area (Å²) in [6.07, 6.45) is 0.404. The van der Waals surface area contributed by atoms with E-state index in [0.29, 0.717) is 13.0 Å². The van der Waals surface area contributed by atoms with Crippen LogP contribution in [0.5, 0.6) is 0 Å². The van der Waals surface area contributed by atoms with Gasteiger partial charge in [-0.1, -0.05) is 6.07 Å². The molecule has 0 bridgehead atoms. The zero-order valence-electron chi connectivity index (χ0n) is 7.97. The molecule has 0 spiro atoms. The maximum absolute atomic E-state index is 11.3. The molecule has 2 N–H and O–H groups in total. The molecule has 4 nitrogen and oxygen atoms in total. The number of hydrogen-bond donors (Lipinski definition) is 2. The molecule has 15 heavy (non-hydrogen) atoms. The van der Waals surface area contributed by atoms with Gasteiger partial charge < -0.3 is 10.4 Å². The maximum Gasteiger partial charge on any atom is 0.316 e. The molecular weight excluding hydrogens is 214 g/mol. The fraction of sp³-hybridized carbons (Fsp3) is 0.400. The number of carbonyl (C=O) groups is 2. The summed E-state index contributed by atoms with van der Waals surface area (Å²) in [5.74, 6) is -2.15. The van der Waals surface area contributed by atoms with Gasteiger partial charge in [0.05, 0.1) is 0 Å². The second-order valence-corrected chi connectivity index (χ2v) is 4.56. The number of piperidine rings is 1. The molecule has 2 heterocycles. The summed E-state index contributed by atoms with van der Waals surface area (Å²) >= 11 is 1.60. The lowest BCUT2D eigenvalue weighted by atomic mass is 9.89. The van der Waals surface area contributed by atoms with Crippen molar-refractivity contribution in [3.63, 3.8) is 0 Å². The van der Waals surface area contributed by atoms with Gasteiger partial charge in [0.25, 0.3) is 0 Å². The van der Waals surface area contributed by atoms with Crippen LogP contribution in [0.3, 0.4) is 0 Å². The van der Waals surface area contributed by atoms with Crippen LogP contribution < -0.4 is 5.32 Å². The number of thiophene rings is 1. The summed E-state index contributed by atoms with van der Waals surface area (Å²) in [7, 11) is 0. The number of carbonyl (C=O) groups excluding carboxylic acids is 1. The molecule has 1 amide bonds. The average Bonchev–Trinajstić information content (AvgIpc) is 2.71. The van der Waals surface area contributed by atoms with Crippen LogP contribution in [0.2, 0.25) is 0 Å². The van der Waals surface area contributed by atoms with Crippen LogP contribution in [0, 0.1) is 5.92 Å². The van der Waals surface area contributed by atoms with Gasteiger partial charge in [-0.25, -0.2) is 0 Å². The van der Waals surface area contributed by atoms with E-state index in [9.17, 15) is 9.59 Å². The summed E-state index contributed by atoms with van der Waals surface area (Å²) in [6, 6.07) is 3.91. The standard InChI is InChI=1S/C10H11NO3S/c12-9-7(10(13)14)4-6(5-11-9)8-2-1-3-15-8/h1-3,6-7H,4-5H2,(H,11,12)(H,13,14)/t6-,7+/m1/s1. The molecule has 2 rings (SSSR count). The smallest absolute Gasteiger partial charge is 0.316 e. The van der Waals surface area contributed by atoms with Crippen LogP contribution in [0.25, 0.3) is 0 Å². The number of rotatable bonds is 2. The Kier molecular flexibility index (Phi) is 2.73. The topological polar surface area (TPSA) is 66.4 Å². The van der Waals surface area contributed by atoms with Crippen LogP contribution in [0.15, 0.2) is 17.5 Å². The maximum atomic E-state index is 11.3. The van der Waals surface area contributed by atoms with Gasteiger partial charge in [-0.2, -0.15) is 0 Å². The number of aliphatic carboxylic acids is 1. The average molecular weight is 225 g/mol. The summed E-state index contributed by atoms with van der Waals surface area (Å²) < 4.78 is 0. The van der Waals surface area contributed by atoms with Crippen molar-refractivity contribution in [2.75, 3.05) is 6.54 Å². The van der Waals surface area contributed by atoms with E-state index in [4.69, 9.17) is 5.11 Å². The number of nitrogens with one attached hydrogen (secondary N) is 1. The summed E-state index contributed by atoms with van der Waals surface area (Å²) in [4.78, 5) is 23.2. The minimum Gasteiger partial charge on any atom is -0.481 e. The lowest BCUT2D eigenvalue weighted by molar-refractivity contribution is -0.148. The molecule has 1 aromatic rings. The molecule has 80 valence electrons. The predicted molar refractivity (Wildman–Crippen MR) is 55.8 cm³/mol. The van der Waals surface area contributed by atoms with Crippen LogP contribution in [-0.2, 0) is 9.59 Å². The predicted octanol–water partition coefficient (Wildman–Crippen LogP) is 1.05. The highest BCUT2D eigenvalue weighted by molar-refractivity contribution is 7.10. The molecule has 1 aliphatic heterocycles. The minimum atomic E-state index is -1.03. The van der Waals surface area contributed by atoms with Gasteiger partial charge in [0.15, 0.2) is 0 Å². The highest BCUT2D eigenvalue weighted by atomic mass is 32.1. The third-order valence-corrected chi connectivity index (χ3v) is 3.64. The molecule has 0 radical (unpaired) electrons. The van der Waals surface area contributed by atoms with E-state index in [0.717, 1.165) is 4.88 Å². The molecule has 2 atom stereocenters. The van der Waals surface area contributed by atoms with E-state index in [1.54, 1.807) is 11.3 Å². The van der Waals surface area contributed by atoms with Gasteiger partial charge in [-0.05, 0) is 17.9 Å². The van der Waals surface area contributed by atoms with Crippen molar-refractivity contribution in [3.8, 4) is 0 Å². The zero-order chi connectivity index (χ0) is 10.8. The third-order valence-electron chi connectivity index (χ3n) is 2.60. The minimum absolute atomic E-state index is 0.142. The molecular formula is C10H11NO3S. The summed E-state index contributed by atoms with van der Waals surface area (Å²) in [5.41, 5.74) is 0. The molecule has 0 saturated carbocycles. The molecule has 5 heteroatoms. The van der Waals surface area contributed by atoms with Crippen molar-refractivity contribution in [3.05, 3.63) is 22.4 Å². The van der Waals surface area contributed by atoms with Crippen LogP contribution in [0.4, 0.5) is 0 Å². The van der Waals surface area contributed by atoms with Crippen LogP contribution >= 0.6 is 11.3 Å². The van der Waals surface area contributed by atoms with Crippen LogP contribution in [0.1, 0.15) is 17.2 Å². The first-order valence-electron chi connectivity index (χ1n) is 4.72. The fourth-order valence-corrected chi connectivity index (χ4v) is 2.62. The van der Waals surface area contributed by atoms with Gasteiger partial charge in [0, 0.05) is 17.3 Å². The van der Waals surface area contributed by atoms with Crippen molar-refractivity contribution in [2.24, 2.45) is 5.92 Å². The zero-order valence-corrected chi connectivity index (χ0v) is 8.79. The lowest BCUT2D eigenvalue weighted by Crippen LogP contribution is -2.43. The Morgan fingerprint density at radius 1 is 1.60 bits per heavy atom. The monoisotopic (exact) mass is 225 g/mol. The SMILES string of the molecule is O=C(O)[C@H]1C[C@@H](c2cccs2)CNC1=O. The van der Waals surface area contributed by atoms with E-state index in [2.05, 4.69) is 5.32 Å². The second-order valence-electron chi connectivity index (χ2n) is 3.58. The molecule has 0 unspecified atom stereocenters. The summed E-state index contributed by atoms with van der Waals surface area (Å²) in [5, 5.41) is 13.5. The number of amides is 1. The Labute approximate surface area is 90.9 Å². The van der Waals surface area contributed by atoms with E-state index >= 15 is 0 Å². The van der Waals surface area contributed by atoms with E-state index < -0.39 is 11.9 Å². The molecule has 0 aliphatic carbocycles. The third kappa shape index (κ3) is 2.02. The van der Waals surface area contributed by atoms with E-state index in [-0.39, 0.29) is 11.8 Å². The fourth-order valence-electron chi connectivity index (χ4n) is 1.78. The van der Waals surface area contributed by atoms with Gasteiger partial charge in [-0.15, -0.1) is 11.3 Å². The quantitative estimate of drug-likeness (QED) is 0.739. The van der Waals surface area contributed by atoms with E-state index in [1.807, 2.05) is 17.5 Å². The first kappa shape index (κ1) is 10.2. The van der Waals surface area contributed by atoms with Crippen molar-refractivity contribution >= 4 is 23.2 Å². The van der Waals surface area contributed by atoms with Crippen LogP contribution in [-0.4, -0.2) is 23.5 Å². The Bertz CT molecular complexity index is 374. The number of hydrogen-bond acceptors (Lipinski definition) is 3. The Morgan fingerprint density at radius 3 is 3.00 bits per heavy atom. The highest BCUT2D eigenvalue weighted by Crippen LogP contribution is 2.29. The molecule has 0 aromatic carbocycles. The van der Waals surface area contributed by atoms with Crippen molar-refractivity contribution in [1.29, 1.82) is 0 Å². The molecule has 1 aliphatic rings. The Balaban J connectivity index is 2.12. The van der Waals surface area contributed by atoms with Gasteiger partial charge >= 0.3 is 5.97 Å². The van der Waals surface area contributed by atoms with E-state index in [1.165, 1.54) is 0 Å². The van der Waals surface area contributed by atoms with Gasteiger partial charge in [0.1, 0.15) is 5.92 Å². The largest absolute Gasteiger partial charge is 0.481 e. The summed E-state index contributed by atoms with van der Waals surface area (Å²) in [6.45, 7) is 0.545. The Hall–Kier alpha value is -1.36. The van der Waals surface area contributed by atoms with Gasteiger partial charge in [0.2, 0.25) is 5.91 Å². The number of carboxylic acid groups (broad SMARTS) is 1. The second kappa shape index (κ2) is 4.02. The first-order valence-corrected chi connectivity index (χ1v) is 5.60. The molecule has 1 saturated heterocycles. The highest BCUT2D eigenvalue weighted by Gasteiger charge is 2.34. The first-order chi connectivity index (χ1) is 7.18. The van der Waals surface area contributed by atoms with Crippen molar-refractivity contribution in [1.82, 2.24) is 5.32 Å². The molecule has 1 aromatic heterocycles. The van der Waals surface area contributed by atoms with Gasteiger partial charge in [-0.3, -0.25) is 9.59 Å². The normalized spacial score (nSPS) is 26.0. The van der Waals surface area contributed by atoms with Crippen molar-refractivity contribution in [2.45, 2.75) is 12.3 Å². The Morgan fingerprint density at radius 2 is 2.40 bits per heavy atom. The molecule has 1 fully saturated rings. The number of carboxylic acids is 1. The van der Waals surface area contributed by atoms with Crippen molar-refractivity contribution < 1.29 is 14.7 Å².